The normalized spacial score (nSPS) is 8.60. The van der Waals surface area contributed by atoms with Crippen molar-refractivity contribution in [2.75, 3.05) is 0 Å². The molecule has 1 heteroatoms. The molecule has 0 aliphatic rings. The lowest BCUT2D eigenvalue weighted by Crippen LogP contribution is -1.80. The fourth-order valence-electron chi connectivity index (χ4n) is 0. The average molecular weight is 86.2 g/mol. The summed E-state index contributed by atoms with van der Waals surface area (Å²) in [4.78, 5) is 0. The summed E-state index contributed by atoms with van der Waals surface area (Å²) in [5.41, 5.74) is 0. The number of rotatable bonds is 1. The molecule has 0 spiro atoms. The Morgan fingerprint density at radius 1 is 2.00 bits per heavy atom. The molecule has 0 aliphatic heterocycles. The van der Waals surface area contributed by atoms with Gasteiger partial charge in [-0.2, -0.15) is 0 Å². The van der Waals surface area contributed by atoms with Crippen LogP contribution >= 0.6 is 12.2 Å². The van der Waals surface area contributed by atoms with Gasteiger partial charge in [0.2, 0.25) is 0 Å². The van der Waals surface area contributed by atoms with Gasteiger partial charge in [-0.1, -0.05) is 19.1 Å². The minimum atomic E-state index is 0.199. The predicted molar refractivity (Wildman–Crippen MR) is 27.1 cm³/mol. The Balaban J connectivity index is 2.83. The summed E-state index contributed by atoms with van der Waals surface area (Å²) in [7, 11) is 0. The van der Waals surface area contributed by atoms with Crippen molar-refractivity contribution in [2.45, 2.75) is 6.92 Å². The Hall–Kier alpha value is 0.0900. The molecule has 1 unspecified atom stereocenters. The van der Waals surface area contributed by atoms with E-state index in [0.29, 0.717) is 0 Å². The largest absolute Gasteiger partial charge is 0.0834 e. The van der Waals surface area contributed by atoms with Crippen LogP contribution < -0.4 is 0 Å². The molecule has 0 aliphatic carbocycles. The molecule has 2 radical (unpaired) electrons. The van der Waals surface area contributed by atoms with E-state index in [1.165, 1.54) is 0 Å². The first-order valence-corrected chi connectivity index (χ1v) is 1.89. The molecule has 0 bridgehead atoms. The van der Waals surface area contributed by atoms with E-state index < -0.39 is 0 Å². The van der Waals surface area contributed by atoms with Crippen LogP contribution in [0.4, 0.5) is 0 Å². The van der Waals surface area contributed by atoms with E-state index >= 15 is 0 Å². The van der Waals surface area contributed by atoms with Gasteiger partial charge in [-0.3, -0.25) is 0 Å². The second-order valence-electron chi connectivity index (χ2n) is 1.02. The highest BCUT2D eigenvalue weighted by Gasteiger charge is 1.77. The fraction of sp³-hybridized carbons (Fsp3) is 0.500. The van der Waals surface area contributed by atoms with Gasteiger partial charge >= 0.3 is 0 Å². The Morgan fingerprint density at radius 3 is 2.20 bits per heavy atom. The van der Waals surface area contributed by atoms with E-state index in [1.807, 2.05) is 6.92 Å². The van der Waals surface area contributed by atoms with Gasteiger partial charge in [0.15, 0.2) is 0 Å². The topological polar surface area (TPSA) is 0 Å². The first kappa shape index (κ1) is 5.09. The van der Waals surface area contributed by atoms with Crippen molar-refractivity contribution in [1.82, 2.24) is 0 Å². The zero-order chi connectivity index (χ0) is 4.28. The van der Waals surface area contributed by atoms with E-state index in [-0.39, 0.29) is 5.92 Å². The quantitative estimate of drug-likeness (QED) is 0.434. The lowest BCUT2D eigenvalue weighted by atomic mass is 10.3. The van der Waals surface area contributed by atoms with E-state index in [2.05, 4.69) is 24.5 Å². The molecular formula is C4H6S. The van der Waals surface area contributed by atoms with Crippen LogP contribution in [0.3, 0.4) is 0 Å². The van der Waals surface area contributed by atoms with Crippen molar-refractivity contribution in [3.63, 3.8) is 0 Å². The maximum Gasteiger partial charge on any atom is 0.0322 e. The second kappa shape index (κ2) is 2.33. The lowest BCUT2D eigenvalue weighted by Gasteiger charge is -1.80. The van der Waals surface area contributed by atoms with Crippen molar-refractivity contribution in [3.05, 3.63) is 6.92 Å². The monoisotopic (exact) mass is 86.0 g/mol. The average Bonchev–Trinajstić information content (AvgIpc) is 1.38. The fourth-order valence-corrected chi connectivity index (χ4v) is 0. The lowest BCUT2D eigenvalue weighted by molar-refractivity contribution is 1.04. The molecule has 0 aromatic carbocycles. The third kappa shape index (κ3) is 4.09. The van der Waals surface area contributed by atoms with Crippen LogP contribution in [0.1, 0.15) is 6.92 Å². The smallest absolute Gasteiger partial charge is 0.0322 e. The molecule has 0 saturated carbocycles. The highest BCUT2D eigenvalue weighted by Crippen LogP contribution is 1.80. The minimum Gasteiger partial charge on any atom is -0.0834 e. The highest BCUT2D eigenvalue weighted by atomic mass is 32.1. The molecule has 28 valence electrons. The van der Waals surface area contributed by atoms with Gasteiger partial charge in [0.1, 0.15) is 0 Å². The minimum absolute atomic E-state index is 0.199. The molecule has 0 aromatic rings. The van der Waals surface area contributed by atoms with E-state index in [4.69, 9.17) is 0 Å². The first-order valence-electron chi connectivity index (χ1n) is 1.48. The molecular weight excluding hydrogens is 80.1 g/mol. The molecule has 0 amide bonds. The zero-order valence-electron chi connectivity index (χ0n) is 3.19. The summed E-state index contributed by atoms with van der Waals surface area (Å²) in [5, 5.41) is 2.50. The van der Waals surface area contributed by atoms with E-state index in [9.17, 15) is 0 Å². The molecule has 0 N–H and O–H groups in total. The predicted octanol–water partition coefficient (Wildman–Crippen LogP) is 1.33. The van der Waals surface area contributed by atoms with Gasteiger partial charge in [0.25, 0.3) is 0 Å². The molecule has 5 heavy (non-hydrogen) atoms. The van der Waals surface area contributed by atoms with Crippen LogP contribution in [0.2, 0.25) is 0 Å². The third-order valence-electron chi connectivity index (χ3n) is 0.201. The number of hydrogen-bond acceptors (Lipinski definition) is 1. The Morgan fingerprint density at radius 2 is 2.20 bits per heavy atom. The summed E-state index contributed by atoms with van der Waals surface area (Å²) in [6, 6.07) is 0. The summed E-state index contributed by atoms with van der Waals surface area (Å²) in [6.07, 6.45) is 0. The second-order valence-corrected chi connectivity index (χ2v) is 1.25. The van der Waals surface area contributed by atoms with Crippen molar-refractivity contribution in [3.8, 4) is 0 Å². The summed E-state index contributed by atoms with van der Waals surface area (Å²) < 4.78 is 0. The van der Waals surface area contributed by atoms with Crippen LogP contribution in [-0.4, -0.2) is 5.37 Å². The van der Waals surface area contributed by atoms with Crippen LogP contribution in [0, 0.1) is 12.8 Å². The molecule has 0 heterocycles. The maximum absolute atomic E-state index is 4.36. The molecule has 0 nitrogen and oxygen atoms in total. The van der Waals surface area contributed by atoms with E-state index in [0.717, 1.165) is 0 Å². The number of thiocarbonyl (C=S) groups is 1. The van der Waals surface area contributed by atoms with Crippen molar-refractivity contribution in [1.29, 1.82) is 0 Å². The molecule has 0 rings (SSSR count). The van der Waals surface area contributed by atoms with E-state index in [1.54, 1.807) is 0 Å². The SMILES string of the molecule is [CH2]C(C)[C]=S. The highest BCUT2D eigenvalue weighted by molar-refractivity contribution is 7.79. The standard InChI is InChI=1S/C4H6S/c1-4(2)3-5/h4H,1H2,2H3. The van der Waals surface area contributed by atoms with Gasteiger partial charge in [-0.05, 0) is 12.8 Å². The van der Waals surface area contributed by atoms with Crippen LogP contribution in [0.5, 0.6) is 0 Å². The van der Waals surface area contributed by atoms with Gasteiger partial charge in [0.05, 0.1) is 0 Å². The van der Waals surface area contributed by atoms with Gasteiger partial charge in [0, 0.05) is 5.37 Å². The van der Waals surface area contributed by atoms with Gasteiger partial charge < -0.3 is 0 Å². The third-order valence-corrected chi connectivity index (χ3v) is 0.604. The van der Waals surface area contributed by atoms with Crippen LogP contribution in [-0.2, 0) is 0 Å². The Labute approximate surface area is 38.2 Å². The number of hydrogen-bond donors (Lipinski definition) is 0. The summed E-state index contributed by atoms with van der Waals surface area (Å²) in [6.45, 7) is 5.44. The van der Waals surface area contributed by atoms with Crippen LogP contribution in [0.25, 0.3) is 0 Å². The van der Waals surface area contributed by atoms with Crippen molar-refractivity contribution in [2.24, 2.45) is 5.92 Å². The Kier molecular flexibility index (Phi) is 2.38. The molecule has 1 atom stereocenters. The Bertz CT molecular complexity index is 30.6. The van der Waals surface area contributed by atoms with Gasteiger partial charge in [-0.25, -0.2) is 0 Å². The van der Waals surface area contributed by atoms with Gasteiger partial charge in [-0.15, -0.1) is 0 Å². The summed E-state index contributed by atoms with van der Waals surface area (Å²) >= 11 is 4.36. The van der Waals surface area contributed by atoms with Crippen molar-refractivity contribution < 1.29 is 0 Å². The maximum atomic E-state index is 4.36. The first-order chi connectivity index (χ1) is 2.27. The molecule has 0 fully saturated rings. The van der Waals surface area contributed by atoms with Crippen LogP contribution in [0.15, 0.2) is 0 Å². The zero-order valence-corrected chi connectivity index (χ0v) is 4.01. The van der Waals surface area contributed by atoms with Crippen molar-refractivity contribution >= 4 is 17.6 Å². The molecule has 0 aromatic heterocycles. The summed E-state index contributed by atoms with van der Waals surface area (Å²) in [5.74, 6) is 0.199. The molecule has 0 saturated heterocycles.